The topological polar surface area (TPSA) is 53.6 Å². The highest BCUT2D eigenvalue weighted by molar-refractivity contribution is 7.80. The average molecular weight is 400 g/mol. The third-order valence-corrected chi connectivity index (χ3v) is 7.46. The number of nitrogens with one attached hydrogen (secondary N) is 2. The lowest BCUT2D eigenvalue weighted by Gasteiger charge is -2.55. The molecule has 28 heavy (non-hydrogen) atoms. The molecule has 0 aromatic heterocycles. The first-order valence-corrected chi connectivity index (χ1v) is 11.1. The van der Waals surface area contributed by atoms with Crippen LogP contribution >= 0.6 is 12.2 Å². The molecule has 1 heterocycles. The van der Waals surface area contributed by atoms with Crippen molar-refractivity contribution < 1.29 is 9.53 Å². The fourth-order valence-electron chi connectivity index (χ4n) is 6.44. The van der Waals surface area contributed by atoms with E-state index < -0.39 is 0 Å². The van der Waals surface area contributed by atoms with Gasteiger partial charge >= 0.3 is 0 Å². The molecule has 6 heteroatoms. The van der Waals surface area contributed by atoms with Crippen molar-refractivity contribution in [1.82, 2.24) is 5.32 Å². The number of carbonyl (C=O) groups is 1. The second kappa shape index (κ2) is 7.30. The maximum atomic E-state index is 13.2. The predicted octanol–water partition coefficient (Wildman–Crippen LogP) is 3.55. The van der Waals surface area contributed by atoms with E-state index in [1.165, 1.54) is 19.3 Å². The summed E-state index contributed by atoms with van der Waals surface area (Å²) in [5, 5.41) is 6.76. The zero-order valence-electron chi connectivity index (χ0n) is 16.3. The Bertz CT molecular complexity index is 740. The van der Waals surface area contributed by atoms with Crippen LogP contribution in [-0.4, -0.2) is 37.3 Å². The molecule has 0 unspecified atom stereocenters. The van der Waals surface area contributed by atoms with E-state index in [1.54, 1.807) is 0 Å². The molecule has 1 aromatic rings. The Morgan fingerprint density at radius 1 is 1.04 bits per heavy atom. The van der Waals surface area contributed by atoms with Crippen molar-refractivity contribution in [2.75, 3.05) is 36.5 Å². The van der Waals surface area contributed by atoms with Crippen LogP contribution in [0.1, 0.15) is 38.5 Å². The average Bonchev–Trinajstić information content (AvgIpc) is 2.68. The number of para-hydroxylation sites is 2. The number of amides is 1. The summed E-state index contributed by atoms with van der Waals surface area (Å²) in [5.41, 5.74) is 1.88. The van der Waals surface area contributed by atoms with Gasteiger partial charge in [0.1, 0.15) is 0 Å². The Morgan fingerprint density at radius 2 is 1.64 bits per heavy atom. The molecular weight excluding hydrogens is 370 g/mol. The van der Waals surface area contributed by atoms with Gasteiger partial charge in [-0.2, -0.15) is 0 Å². The number of hydrogen-bond donors (Lipinski definition) is 2. The Labute approximate surface area is 172 Å². The smallest absolute Gasteiger partial charge is 0.232 e. The molecule has 5 fully saturated rings. The summed E-state index contributed by atoms with van der Waals surface area (Å²) < 4.78 is 5.47. The van der Waals surface area contributed by atoms with Gasteiger partial charge in [-0.05, 0) is 80.6 Å². The zero-order chi connectivity index (χ0) is 19.1. The van der Waals surface area contributed by atoms with Crippen LogP contribution in [0.15, 0.2) is 24.3 Å². The SMILES string of the molecule is O=C(NC(=S)Nc1ccccc1N1CCOCC1)C12CC3CC(CC(C3)C1)C2. The first kappa shape index (κ1) is 18.4. The van der Waals surface area contributed by atoms with Crippen molar-refractivity contribution in [2.45, 2.75) is 38.5 Å². The van der Waals surface area contributed by atoms with E-state index in [1.807, 2.05) is 18.2 Å². The van der Waals surface area contributed by atoms with Crippen LogP contribution in [0.5, 0.6) is 0 Å². The molecule has 150 valence electrons. The van der Waals surface area contributed by atoms with Crippen molar-refractivity contribution in [3.8, 4) is 0 Å². The molecule has 0 radical (unpaired) electrons. The van der Waals surface area contributed by atoms with Crippen LogP contribution < -0.4 is 15.5 Å². The molecule has 2 N–H and O–H groups in total. The van der Waals surface area contributed by atoms with Crippen molar-refractivity contribution in [3.63, 3.8) is 0 Å². The van der Waals surface area contributed by atoms with E-state index in [9.17, 15) is 4.79 Å². The van der Waals surface area contributed by atoms with E-state index in [2.05, 4.69) is 21.6 Å². The van der Waals surface area contributed by atoms with Crippen molar-refractivity contribution >= 4 is 34.6 Å². The zero-order valence-corrected chi connectivity index (χ0v) is 17.1. The highest BCUT2D eigenvalue weighted by atomic mass is 32.1. The Hall–Kier alpha value is -1.66. The number of hydrogen-bond acceptors (Lipinski definition) is 4. The lowest BCUT2D eigenvalue weighted by Crippen LogP contribution is -2.55. The van der Waals surface area contributed by atoms with Crippen LogP contribution in [0.25, 0.3) is 0 Å². The number of nitrogens with zero attached hydrogens (tertiary/aromatic N) is 1. The normalized spacial score (nSPS) is 33.6. The highest BCUT2D eigenvalue weighted by Crippen LogP contribution is 2.60. The van der Waals surface area contributed by atoms with Gasteiger partial charge in [0.25, 0.3) is 0 Å². The van der Waals surface area contributed by atoms with Crippen LogP contribution in [0, 0.1) is 23.2 Å². The second-order valence-electron chi connectivity index (χ2n) is 9.22. The first-order chi connectivity index (χ1) is 13.6. The van der Waals surface area contributed by atoms with Gasteiger partial charge in [0.05, 0.1) is 30.0 Å². The summed E-state index contributed by atoms with van der Waals surface area (Å²) in [7, 11) is 0. The third-order valence-electron chi connectivity index (χ3n) is 7.25. The number of rotatable bonds is 3. The molecule has 1 amide bonds. The molecule has 5 aliphatic rings. The third kappa shape index (κ3) is 3.41. The molecule has 0 spiro atoms. The van der Waals surface area contributed by atoms with Crippen LogP contribution in [-0.2, 0) is 9.53 Å². The number of thiocarbonyl (C=S) groups is 1. The quantitative estimate of drug-likeness (QED) is 0.762. The fourth-order valence-corrected chi connectivity index (χ4v) is 6.64. The maximum Gasteiger partial charge on any atom is 0.232 e. The minimum Gasteiger partial charge on any atom is -0.378 e. The van der Waals surface area contributed by atoms with Gasteiger partial charge in [-0.3, -0.25) is 4.79 Å². The van der Waals surface area contributed by atoms with Crippen molar-refractivity contribution in [3.05, 3.63) is 24.3 Å². The van der Waals surface area contributed by atoms with E-state index in [0.29, 0.717) is 5.11 Å². The summed E-state index contributed by atoms with van der Waals surface area (Å²) >= 11 is 5.54. The molecular formula is C22H29N3O2S. The Balaban J connectivity index is 1.26. The number of ether oxygens (including phenoxy) is 1. The largest absolute Gasteiger partial charge is 0.378 e. The summed E-state index contributed by atoms with van der Waals surface area (Å²) in [5.74, 6) is 2.40. The minimum absolute atomic E-state index is 0.146. The van der Waals surface area contributed by atoms with Gasteiger partial charge in [-0.1, -0.05) is 12.1 Å². The standard InChI is InChI=1S/C22H29N3O2S/c26-20(22-12-15-9-16(13-22)11-17(10-15)14-22)24-21(28)23-18-3-1-2-4-19(18)25-5-7-27-8-6-25/h1-4,15-17H,5-14H2,(H2,23,24,26,28). The molecule has 6 rings (SSSR count). The predicted molar refractivity (Wildman–Crippen MR) is 114 cm³/mol. The van der Waals surface area contributed by atoms with Gasteiger partial charge in [0, 0.05) is 13.1 Å². The van der Waals surface area contributed by atoms with Gasteiger partial charge in [0.2, 0.25) is 5.91 Å². The number of morpholine rings is 1. The van der Waals surface area contributed by atoms with E-state index in [0.717, 1.165) is 74.7 Å². The Kier molecular flexibility index (Phi) is 4.79. The monoisotopic (exact) mass is 399 g/mol. The molecule has 5 nitrogen and oxygen atoms in total. The summed E-state index contributed by atoms with van der Waals surface area (Å²) in [6.45, 7) is 3.21. The molecule has 1 aromatic carbocycles. The molecule has 4 aliphatic carbocycles. The lowest BCUT2D eigenvalue weighted by atomic mass is 9.49. The first-order valence-electron chi connectivity index (χ1n) is 10.7. The molecule has 1 aliphatic heterocycles. The Morgan fingerprint density at radius 3 is 2.29 bits per heavy atom. The number of benzene rings is 1. The summed E-state index contributed by atoms with van der Waals surface area (Å²) in [6, 6.07) is 8.15. The minimum atomic E-state index is -0.176. The number of carbonyl (C=O) groups excluding carboxylic acids is 1. The van der Waals surface area contributed by atoms with Crippen molar-refractivity contribution in [1.29, 1.82) is 0 Å². The lowest BCUT2D eigenvalue weighted by molar-refractivity contribution is -0.144. The molecule has 0 atom stereocenters. The van der Waals surface area contributed by atoms with Crippen LogP contribution in [0.2, 0.25) is 0 Å². The molecule has 1 saturated heterocycles. The van der Waals surface area contributed by atoms with Gasteiger partial charge in [-0.15, -0.1) is 0 Å². The van der Waals surface area contributed by atoms with E-state index in [4.69, 9.17) is 17.0 Å². The summed E-state index contributed by atoms with van der Waals surface area (Å²) in [6.07, 6.45) is 7.17. The number of anilines is 2. The van der Waals surface area contributed by atoms with Crippen LogP contribution in [0.4, 0.5) is 11.4 Å². The van der Waals surface area contributed by atoms with E-state index >= 15 is 0 Å². The van der Waals surface area contributed by atoms with Crippen LogP contribution in [0.3, 0.4) is 0 Å². The van der Waals surface area contributed by atoms with Gasteiger partial charge in [0.15, 0.2) is 5.11 Å². The maximum absolute atomic E-state index is 13.2. The van der Waals surface area contributed by atoms with E-state index in [-0.39, 0.29) is 11.3 Å². The summed E-state index contributed by atoms with van der Waals surface area (Å²) in [4.78, 5) is 15.5. The molecule has 4 saturated carbocycles. The highest BCUT2D eigenvalue weighted by Gasteiger charge is 2.54. The fraction of sp³-hybridized carbons (Fsp3) is 0.636. The van der Waals surface area contributed by atoms with Crippen molar-refractivity contribution in [2.24, 2.45) is 23.2 Å². The second-order valence-corrected chi connectivity index (χ2v) is 9.63. The van der Waals surface area contributed by atoms with Gasteiger partial charge in [-0.25, -0.2) is 0 Å². The molecule has 4 bridgehead atoms. The van der Waals surface area contributed by atoms with Gasteiger partial charge < -0.3 is 20.3 Å².